The van der Waals surface area contributed by atoms with Gasteiger partial charge < -0.3 is 10.1 Å². The third-order valence-corrected chi connectivity index (χ3v) is 3.86. The van der Waals surface area contributed by atoms with Crippen LogP contribution in [0.25, 0.3) is 5.78 Å². The van der Waals surface area contributed by atoms with E-state index < -0.39 is 5.97 Å². The molecule has 8 heteroatoms. The van der Waals surface area contributed by atoms with Crippen molar-refractivity contribution in [3.63, 3.8) is 0 Å². The van der Waals surface area contributed by atoms with Crippen LogP contribution in [-0.2, 0) is 9.53 Å². The number of amides is 1. The number of nitrogens with zero attached hydrogens (tertiary/aromatic N) is 4. The first-order chi connectivity index (χ1) is 11.0. The molecule has 2 heterocycles. The van der Waals surface area contributed by atoms with E-state index in [1.165, 1.54) is 4.52 Å². The van der Waals surface area contributed by atoms with Crippen molar-refractivity contribution in [3.05, 3.63) is 23.3 Å². The zero-order valence-electron chi connectivity index (χ0n) is 13.2. The van der Waals surface area contributed by atoms with Crippen molar-refractivity contribution in [2.24, 2.45) is 0 Å². The van der Waals surface area contributed by atoms with Gasteiger partial charge in [-0.05, 0) is 32.8 Å². The molecule has 0 bridgehead atoms. The highest BCUT2D eigenvalue weighted by molar-refractivity contribution is 5.88. The molecule has 1 amide bonds. The molecule has 122 valence electrons. The number of hydrogen-bond donors (Lipinski definition) is 1. The topological polar surface area (TPSA) is 98.5 Å². The van der Waals surface area contributed by atoms with Crippen LogP contribution in [0, 0.1) is 13.8 Å². The summed E-state index contributed by atoms with van der Waals surface area (Å²) in [7, 11) is 0. The number of carbonyl (C=O) groups excluding carboxylic acids is 2. The predicted octanol–water partition coefficient (Wildman–Crippen LogP) is 0.957. The van der Waals surface area contributed by atoms with Crippen molar-refractivity contribution in [3.8, 4) is 0 Å². The minimum Gasteiger partial charge on any atom is -0.450 e. The summed E-state index contributed by atoms with van der Waals surface area (Å²) in [4.78, 5) is 32.0. The van der Waals surface area contributed by atoms with E-state index in [4.69, 9.17) is 4.74 Å². The van der Waals surface area contributed by atoms with Gasteiger partial charge in [0.25, 0.3) is 17.5 Å². The van der Waals surface area contributed by atoms with E-state index in [-0.39, 0.29) is 24.4 Å². The molecule has 0 unspecified atom stereocenters. The molecule has 2 aromatic heterocycles. The van der Waals surface area contributed by atoms with Gasteiger partial charge in [-0.15, -0.1) is 5.10 Å². The summed E-state index contributed by atoms with van der Waals surface area (Å²) in [6.45, 7) is 3.36. The monoisotopic (exact) mass is 317 g/mol. The fourth-order valence-electron chi connectivity index (χ4n) is 2.79. The van der Waals surface area contributed by atoms with E-state index in [1.54, 1.807) is 0 Å². The zero-order chi connectivity index (χ0) is 16.4. The Hall–Kier alpha value is -2.51. The second-order valence-electron chi connectivity index (χ2n) is 5.81. The van der Waals surface area contributed by atoms with Crippen LogP contribution in [-0.4, -0.2) is 44.1 Å². The molecule has 0 radical (unpaired) electrons. The van der Waals surface area contributed by atoms with Crippen LogP contribution < -0.4 is 5.32 Å². The summed E-state index contributed by atoms with van der Waals surface area (Å²) in [6, 6.07) is 2.04. The van der Waals surface area contributed by atoms with Gasteiger partial charge in [-0.3, -0.25) is 4.79 Å². The first-order valence-corrected chi connectivity index (χ1v) is 7.70. The fraction of sp³-hybridized carbons (Fsp3) is 0.533. The minimum atomic E-state index is -0.728. The molecule has 0 aromatic carbocycles. The lowest BCUT2D eigenvalue weighted by molar-refractivity contribution is -0.124. The smallest absolute Gasteiger partial charge is 0.378 e. The molecule has 8 nitrogen and oxygen atoms in total. The van der Waals surface area contributed by atoms with E-state index in [2.05, 4.69) is 20.4 Å². The number of rotatable bonds is 4. The first-order valence-electron chi connectivity index (χ1n) is 7.70. The molecule has 0 atom stereocenters. The Balaban J connectivity index is 1.61. The van der Waals surface area contributed by atoms with Gasteiger partial charge >= 0.3 is 5.97 Å². The molecule has 1 aliphatic rings. The fourth-order valence-corrected chi connectivity index (χ4v) is 2.79. The van der Waals surface area contributed by atoms with Crippen LogP contribution in [0.5, 0.6) is 0 Å². The first kappa shape index (κ1) is 15.4. The van der Waals surface area contributed by atoms with Crippen molar-refractivity contribution in [1.82, 2.24) is 24.9 Å². The van der Waals surface area contributed by atoms with Crippen LogP contribution in [0.1, 0.15) is 47.7 Å². The van der Waals surface area contributed by atoms with Gasteiger partial charge in [0.15, 0.2) is 6.61 Å². The van der Waals surface area contributed by atoms with Gasteiger partial charge in [-0.25, -0.2) is 14.3 Å². The van der Waals surface area contributed by atoms with Crippen LogP contribution in [0.2, 0.25) is 0 Å². The van der Waals surface area contributed by atoms with E-state index in [0.717, 1.165) is 37.1 Å². The van der Waals surface area contributed by atoms with Gasteiger partial charge in [-0.2, -0.15) is 4.98 Å². The maximum absolute atomic E-state index is 12.0. The van der Waals surface area contributed by atoms with Crippen LogP contribution >= 0.6 is 0 Å². The van der Waals surface area contributed by atoms with Crippen molar-refractivity contribution < 1.29 is 14.3 Å². The molecule has 2 aromatic rings. The second kappa shape index (κ2) is 6.31. The summed E-state index contributed by atoms with van der Waals surface area (Å²) in [5, 5.41) is 6.93. The average Bonchev–Trinajstić information content (AvgIpc) is 3.14. The van der Waals surface area contributed by atoms with Gasteiger partial charge in [0.1, 0.15) is 0 Å². The third kappa shape index (κ3) is 3.46. The van der Waals surface area contributed by atoms with E-state index >= 15 is 0 Å². The quantitative estimate of drug-likeness (QED) is 0.843. The molecule has 1 saturated carbocycles. The zero-order valence-corrected chi connectivity index (χ0v) is 13.2. The Labute approximate surface area is 133 Å². The van der Waals surface area contributed by atoms with Gasteiger partial charge in [0.2, 0.25) is 0 Å². The maximum Gasteiger partial charge on any atom is 0.378 e. The van der Waals surface area contributed by atoms with Gasteiger partial charge in [-0.1, -0.05) is 12.8 Å². The number of nitrogens with one attached hydrogen (secondary N) is 1. The van der Waals surface area contributed by atoms with Crippen molar-refractivity contribution in [2.45, 2.75) is 45.6 Å². The molecular formula is C15H19N5O3. The van der Waals surface area contributed by atoms with E-state index in [1.807, 2.05) is 19.9 Å². The Morgan fingerprint density at radius 1 is 1.30 bits per heavy atom. The Bertz CT molecular complexity index is 749. The Morgan fingerprint density at radius 3 is 2.78 bits per heavy atom. The van der Waals surface area contributed by atoms with E-state index in [0.29, 0.717) is 5.78 Å². The predicted molar refractivity (Wildman–Crippen MR) is 80.9 cm³/mol. The largest absolute Gasteiger partial charge is 0.450 e. The van der Waals surface area contributed by atoms with Gasteiger partial charge in [0, 0.05) is 17.4 Å². The molecule has 1 N–H and O–H groups in total. The van der Waals surface area contributed by atoms with E-state index in [9.17, 15) is 9.59 Å². The normalized spacial score (nSPS) is 15.0. The number of fused-ring (bicyclic) bond motifs is 1. The minimum absolute atomic E-state index is 0.0973. The highest BCUT2D eigenvalue weighted by atomic mass is 16.5. The molecule has 23 heavy (non-hydrogen) atoms. The summed E-state index contributed by atoms with van der Waals surface area (Å²) in [6.07, 6.45) is 4.22. The summed E-state index contributed by atoms with van der Waals surface area (Å²) >= 11 is 0. The Morgan fingerprint density at radius 2 is 2.04 bits per heavy atom. The highest BCUT2D eigenvalue weighted by Gasteiger charge is 2.20. The molecule has 3 rings (SSSR count). The Kier molecular flexibility index (Phi) is 4.22. The van der Waals surface area contributed by atoms with Gasteiger partial charge in [0.05, 0.1) is 0 Å². The average molecular weight is 317 g/mol. The molecule has 1 aliphatic carbocycles. The lowest BCUT2D eigenvalue weighted by Gasteiger charge is -2.11. The molecule has 0 spiro atoms. The van der Waals surface area contributed by atoms with Crippen LogP contribution in [0.15, 0.2) is 6.07 Å². The molecule has 0 aliphatic heterocycles. The summed E-state index contributed by atoms with van der Waals surface area (Å²) in [5.74, 6) is -0.780. The lowest BCUT2D eigenvalue weighted by atomic mass is 10.2. The SMILES string of the molecule is Cc1cc(C)n2nc(C(=O)OCC(=O)NC3CCCC3)nc2n1. The lowest BCUT2D eigenvalue weighted by Crippen LogP contribution is -2.36. The summed E-state index contributed by atoms with van der Waals surface area (Å²) < 4.78 is 6.46. The maximum atomic E-state index is 12.0. The molecular weight excluding hydrogens is 298 g/mol. The standard InChI is InChI=1S/C15H19N5O3/c1-9-7-10(2)20-15(16-9)18-13(19-20)14(22)23-8-12(21)17-11-5-3-4-6-11/h7,11H,3-6,8H2,1-2H3,(H,17,21). The van der Waals surface area contributed by atoms with Crippen molar-refractivity contribution >= 4 is 17.7 Å². The third-order valence-electron chi connectivity index (χ3n) is 3.86. The number of ether oxygens (including phenoxy) is 1. The number of hydrogen-bond acceptors (Lipinski definition) is 6. The number of aryl methyl sites for hydroxylation is 2. The number of aromatic nitrogens is 4. The number of esters is 1. The second-order valence-corrected chi connectivity index (χ2v) is 5.81. The van der Waals surface area contributed by atoms with Crippen molar-refractivity contribution in [2.75, 3.05) is 6.61 Å². The molecule has 0 saturated heterocycles. The number of carbonyl (C=O) groups is 2. The summed E-state index contributed by atoms with van der Waals surface area (Å²) in [5.41, 5.74) is 1.61. The van der Waals surface area contributed by atoms with Crippen LogP contribution in [0.3, 0.4) is 0 Å². The molecule has 1 fully saturated rings. The van der Waals surface area contributed by atoms with Crippen molar-refractivity contribution in [1.29, 1.82) is 0 Å². The highest BCUT2D eigenvalue weighted by Crippen LogP contribution is 2.17. The van der Waals surface area contributed by atoms with Crippen LogP contribution in [0.4, 0.5) is 0 Å².